The van der Waals surface area contributed by atoms with Crippen molar-refractivity contribution in [3.8, 4) is 0 Å². The van der Waals surface area contributed by atoms with Gasteiger partial charge in [-0.25, -0.2) is 0 Å². The Hall–Kier alpha value is -0.810. The van der Waals surface area contributed by atoms with Crippen LogP contribution >= 0.6 is 11.6 Å². The first-order valence-electron chi connectivity index (χ1n) is 6.87. The Kier molecular flexibility index (Phi) is 3.67. The van der Waals surface area contributed by atoms with Gasteiger partial charge in [-0.05, 0) is 24.5 Å². The van der Waals surface area contributed by atoms with Crippen LogP contribution in [-0.4, -0.2) is 13.4 Å². The van der Waals surface area contributed by atoms with Gasteiger partial charge in [-0.15, -0.1) is 0 Å². The number of hydroxylamine groups is 1. The van der Waals surface area contributed by atoms with E-state index in [0.29, 0.717) is 0 Å². The van der Waals surface area contributed by atoms with Crippen LogP contribution in [0.5, 0.6) is 0 Å². The zero-order valence-electron chi connectivity index (χ0n) is 11.1. The van der Waals surface area contributed by atoms with Gasteiger partial charge in [-0.3, -0.25) is 5.32 Å². The van der Waals surface area contributed by atoms with E-state index in [1.807, 2.05) is 12.1 Å². The quantitative estimate of drug-likeness (QED) is 0.730. The molecule has 1 spiro atoms. The molecule has 1 aromatic rings. The standard InChI is InChI=1S/C14H20ClN3O/c1-19-18-13-16-12-10(6-5-7-11(12)15)14(17-13)8-3-2-4-9-14/h5-7,13,16-18H,2-4,8-9H2,1H3. The molecule has 1 saturated carbocycles. The lowest BCUT2D eigenvalue weighted by molar-refractivity contribution is 0.0364. The number of nitrogens with one attached hydrogen (secondary N) is 3. The van der Waals surface area contributed by atoms with Crippen LogP contribution in [0.25, 0.3) is 0 Å². The van der Waals surface area contributed by atoms with Gasteiger partial charge in [-0.1, -0.05) is 43.0 Å². The first-order chi connectivity index (χ1) is 9.25. The molecule has 1 aliphatic carbocycles. The van der Waals surface area contributed by atoms with Crippen LogP contribution in [0.1, 0.15) is 37.7 Å². The number of hydrogen-bond donors (Lipinski definition) is 3. The van der Waals surface area contributed by atoms with Crippen molar-refractivity contribution in [3.63, 3.8) is 0 Å². The van der Waals surface area contributed by atoms with Crippen molar-refractivity contribution in [2.45, 2.75) is 43.9 Å². The van der Waals surface area contributed by atoms with Crippen LogP contribution in [0.15, 0.2) is 18.2 Å². The Bertz CT molecular complexity index is 460. The molecule has 0 amide bonds. The third-order valence-corrected chi connectivity index (χ3v) is 4.50. The van der Waals surface area contributed by atoms with Gasteiger partial charge in [0.05, 0.1) is 17.8 Å². The molecule has 4 nitrogen and oxygen atoms in total. The van der Waals surface area contributed by atoms with Crippen LogP contribution in [0.4, 0.5) is 5.69 Å². The average Bonchev–Trinajstić information content (AvgIpc) is 2.42. The van der Waals surface area contributed by atoms with Crippen LogP contribution < -0.4 is 16.1 Å². The SMILES string of the molecule is CONC1Nc2c(Cl)cccc2C2(CCCCC2)N1. The maximum absolute atomic E-state index is 6.35. The summed E-state index contributed by atoms with van der Waals surface area (Å²) >= 11 is 6.35. The maximum atomic E-state index is 6.35. The number of benzene rings is 1. The Morgan fingerprint density at radius 1 is 1.32 bits per heavy atom. The summed E-state index contributed by atoms with van der Waals surface area (Å²) in [5, 5.41) is 7.78. The molecule has 3 rings (SSSR count). The molecule has 1 aromatic carbocycles. The van der Waals surface area contributed by atoms with Gasteiger partial charge in [-0.2, -0.15) is 5.48 Å². The van der Waals surface area contributed by atoms with E-state index in [9.17, 15) is 0 Å². The largest absolute Gasteiger partial charge is 0.354 e. The lowest BCUT2D eigenvalue weighted by atomic mass is 9.75. The molecule has 2 aliphatic rings. The third-order valence-electron chi connectivity index (χ3n) is 4.18. The number of hydrogen-bond acceptors (Lipinski definition) is 4. The zero-order valence-corrected chi connectivity index (χ0v) is 11.9. The second-order valence-corrected chi connectivity index (χ2v) is 5.76. The minimum Gasteiger partial charge on any atom is -0.354 e. The molecule has 1 heterocycles. The summed E-state index contributed by atoms with van der Waals surface area (Å²) in [4.78, 5) is 5.05. The molecule has 1 fully saturated rings. The second-order valence-electron chi connectivity index (χ2n) is 5.35. The van der Waals surface area contributed by atoms with E-state index in [-0.39, 0.29) is 11.8 Å². The van der Waals surface area contributed by atoms with Crippen molar-refractivity contribution < 1.29 is 4.84 Å². The summed E-state index contributed by atoms with van der Waals surface area (Å²) in [6, 6.07) is 6.14. The van der Waals surface area contributed by atoms with E-state index < -0.39 is 0 Å². The summed E-state index contributed by atoms with van der Waals surface area (Å²) in [6.45, 7) is 0. The number of fused-ring (bicyclic) bond motifs is 2. The highest BCUT2D eigenvalue weighted by Gasteiger charge is 2.41. The summed E-state index contributed by atoms with van der Waals surface area (Å²) in [6.07, 6.45) is 5.98. The molecule has 1 atom stereocenters. The molecule has 3 N–H and O–H groups in total. The first-order valence-corrected chi connectivity index (χ1v) is 7.25. The number of rotatable bonds is 2. The number of halogens is 1. The van der Waals surface area contributed by atoms with E-state index in [4.69, 9.17) is 16.4 Å². The lowest BCUT2D eigenvalue weighted by Gasteiger charge is -2.46. The van der Waals surface area contributed by atoms with E-state index in [2.05, 4.69) is 22.2 Å². The van der Waals surface area contributed by atoms with E-state index in [1.54, 1.807) is 7.11 Å². The Morgan fingerprint density at radius 3 is 2.84 bits per heavy atom. The number of para-hydroxylation sites is 1. The normalized spacial score (nSPS) is 24.8. The summed E-state index contributed by atoms with van der Waals surface area (Å²) in [7, 11) is 1.62. The summed E-state index contributed by atoms with van der Waals surface area (Å²) < 4.78 is 0. The van der Waals surface area contributed by atoms with Gasteiger partial charge in [0, 0.05) is 5.54 Å². The zero-order chi connectivity index (χ0) is 13.3. The molecule has 1 aliphatic heterocycles. The molecule has 0 saturated heterocycles. The molecule has 0 radical (unpaired) electrons. The van der Waals surface area contributed by atoms with Crippen molar-refractivity contribution in [2.24, 2.45) is 0 Å². The van der Waals surface area contributed by atoms with E-state index in [1.165, 1.54) is 24.8 Å². The second kappa shape index (κ2) is 5.29. The van der Waals surface area contributed by atoms with Gasteiger partial charge in [0.15, 0.2) is 6.29 Å². The molecule has 1 unspecified atom stereocenters. The predicted octanol–water partition coefficient (Wildman–Crippen LogP) is 2.95. The van der Waals surface area contributed by atoms with Crippen LogP contribution in [-0.2, 0) is 10.4 Å². The third kappa shape index (κ3) is 2.34. The fourth-order valence-electron chi connectivity index (χ4n) is 3.35. The highest BCUT2D eigenvalue weighted by Crippen LogP contribution is 2.45. The predicted molar refractivity (Wildman–Crippen MR) is 76.9 cm³/mol. The van der Waals surface area contributed by atoms with E-state index >= 15 is 0 Å². The molecular formula is C14H20ClN3O. The summed E-state index contributed by atoms with van der Waals surface area (Å²) in [5.41, 5.74) is 5.27. The minimum atomic E-state index is -0.115. The Labute approximate surface area is 118 Å². The van der Waals surface area contributed by atoms with Gasteiger partial charge in [0.25, 0.3) is 0 Å². The van der Waals surface area contributed by atoms with Gasteiger partial charge in [0.1, 0.15) is 0 Å². The highest BCUT2D eigenvalue weighted by molar-refractivity contribution is 6.33. The van der Waals surface area contributed by atoms with Gasteiger partial charge >= 0.3 is 0 Å². The van der Waals surface area contributed by atoms with Crippen LogP contribution in [0, 0.1) is 0 Å². The monoisotopic (exact) mass is 281 g/mol. The van der Waals surface area contributed by atoms with Crippen molar-refractivity contribution in [3.05, 3.63) is 28.8 Å². The molecule has 19 heavy (non-hydrogen) atoms. The topological polar surface area (TPSA) is 45.3 Å². The molecule has 5 heteroatoms. The lowest BCUT2D eigenvalue weighted by Crippen LogP contribution is -2.60. The molecular weight excluding hydrogens is 262 g/mol. The number of anilines is 1. The first kappa shape index (κ1) is 13.2. The average molecular weight is 282 g/mol. The molecule has 0 bridgehead atoms. The van der Waals surface area contributed by atoms with Crippen molar-refractivity contribution in [1.29, 1.82) is 0 Å². The van der Waals surface area contributed by atoms with E-state index in [0.717, 1.165) is 23.6 Å². The van der Waals surface area contributed by atoms with Crippen molar-refractivity contribution in [1.82, 2.24) is 10.8 Å². The highest BCUT2D eigenvalue weighted by atomic mass is 35.5. The minimum absolute atomic E-state index is 0.0138. The maximum Gasteiger partial charge on any atom is 0.155 e. The van der Waals surface area contributed by atoms with Gasteiger partial charge in [0.2, 0.25) is 0 Å². The van der Waals surface area contributed by atoms with Gasteiger partial charge < -0.3 is 10.2 Å². The fraction of sp³-hybridized carbons (Fsp3) is 0.571. The molecule has 104 valence electrons. The van der Waals surface area contributed by atoms with Crippen LogP contribution in [0.3, 0.4) is 0 Å². The van der Waals surface area contributed by atoms with Crippen molar-refractivity contribution >= 4 is 17.3 Å². The molecule has 0 aromatic heterocycles. The van der Waals surface area contributed by atoms with Crippen LogP contribution in [0.2, 0.25) is 5.02 Å². The smallest absolute Gasteiger partial charge is 0.155 e. The van der Waals surface area contributed by atoms with Crippen molar-refractivity contribution in [2.75, 3.05) is 12.4 Å². The summed E-state index contributed by atoms with van der Waals surface area (Å²) in [5.74, 6) is 0. The Balaban J connectivity index is 2.02. The Morgan fingerprint density at radius 2 is 2.11 bits per heavy atom. The fourth-order valence-corrected chi connectivity index (χ4v) is 3.58.